The molecule has 146 valence electrons. The highest BCUT2D eigenvalue weighted by molar-refractivity contribution is 6.31. The van der Waals surface area contributed by atoms with Gasteiger partial charge in [-0.3, -0.25) is 14.5 Å². The third-order valence-electron chi connectivity index (χ3n) is 5.10. The second kappa shape index (κ2) is 7.78. The van der Waals surface area contributed by atoms with E-state index in [2.05, 4.69) is 0 Å². The molecule has 6 heteroatoms. The Kier molecular flexibility index (Phi) is 5.18. The van der Waals surface area contributed by atoms with Gasteiger partial charge in [-0.25, -0.2) is 4.39 Å². The van der Waals surface area contributed by atoms with Gasteiger partial charge < -0.3 is 5.11 Å². The first kappa shape index (κ1) is 19.3. The van der Waals surface area contributed by atoms with Gasteiger partial charge in [0.2, 0.25) is 0 Å². The first-order chi connectivity index (χ1) is 14.0. The van der Waals surface area contributed by atoms with Gasteiger partial charge in [0.1, 0.15) is 5.82 Å². The van der Waals surface area contributed by atoms with Crippen molar-refractivity contribution in [2.75, 3.05) is 6.54 Å². The highest BCUT2D eigenvalue weighted by atomic mass is 35.5. The summed E-state index contributed by atoms with van der Waals surface area (Å²) in [6.45, 7) is -0.209. The molecule has 0 fully saturated rings. The van der Waals surface area contributed by atoms with Crippen LogP contribution in [0.3, 0.4) is 0 Å². The first-order valence-electron chi connectivity index (χ1n) is 9.10. The van der Waals surface area contributed by atoms with E-state index in [1.165, 1.54) is 12.1 Å². The van der Waals surface area contributed by atoms with Crippen LogP contribution in [0, 0.1) is 5.82 Å². The Balaban J connectivity index is 1.69. The van der Waals surface area contributed by atoms with Crippen molar-refractivity contribution < 1.29 is 19.1 Å². The zero-order valence-corrected chi connectivity index (χ0v) is 16.0. The maximum Gasteiger partial charge on any atom is 0.261 e. The van der Waals surface area contributed by atoms with E-state index in [1.54, 1.807) is 60.7 Å². The second-order valence-electron chi connectivity index (χ2n) is 6.88. The molecule has 1 aliphatic rings. The largest absolute Gasteiger partial charge is 0.390 e. The molecule has 3 aromatic rings. The fourth-order valence-electron chi connectivity index (χ4n) is 3.70. The van der Waals surface area contributed by atoms with Crippen LogP contribution in [0.15, 0.2) is 72.8 Å². The first-order valence-corrected chi connectivity index (χ1v) is 9.48. The normalized spacial score (nSPS) is 15.3. The number of fused-ring (bicyclic) bond motifs is 1. The number of rotatable bonds is 5. The summed E-state index contributed by atoms with van der Waals surface area (Å²) in [5.41, 5.74) is 1.90. The minimum atomic E-state index is -1.14. The number of benzene rings is 3. The molecule has 0 aromatic heterocycles. The summed E-state index contributed by atoms with van der Waals surface area (Å²) < 4.78 is 13.4. The van der Waals surface area contributed by atoms with Crippen molar-refractivity contribution in [1.29, 1.82) is 0 Å². The van der Waals surface area contributed by atoms with Crippen molar-refractivity contribution in [1.82, 2.24) is 4.90 Å². The minimum Gasteiger partial charge on any atom is -0.390 e. The number of halogens is 2. The number of aliphatic hydroxyl groups excluding tert-OH is 1. The molecular formula is C23H17ClFNO3. The van der Waals surface area contributed by atoms with Crippen molar-refractivity contribution in [3.05, 3.63) is 106 Å². The van der Waals surface area contributed by atoms with Gasteiger partial charge in [0.15, 0.2) is 0 Å². The number of carbonyl (C=O) groups excluding carboxylic acids is 2. The summed E-state index contributed by atoms with van der Waals surface area (Å²) in [7, 11) is 0. The van der Waals surface area contributed by atoms with Gasteiger partial charge in [0, 0.05) is 10.9 Å². The standard InChI is InChI=1S/C23H17ClFNO3/c24-19-8-4-3-7-18(19)21(14-9-11-15(25)12-10-14)20(27)13-26-22(28)16-5-1-2-6-17(16)23(26)29/h1-12,20-21,27H,13H2/t20-,21-/m0/s1. The molecule has 0 spiro atoms. The van der Waals surface area contributed by atoms with E-state index >= 15 is 0 Å². The zero-order valence-electron chi connectivity index (χ0n) is 15.3. The summed E-state index contributed by atoms with van der Waals surface area (Å²) in [4.78, 5) is 26.4. The average Bonchev–Trinajstić information content (AvgIpc) is 2.96. The number of β-amino-alcohol motifs (C(OH)–C–C–N with tert-alkyl or cyclic N) is 1. The second-order valence-corrected chi connectivity index (χ2v) is 7.29. The molecule has 3 aromatic carbocycles. The Hall–Kier alpha value is -3.02. The number of aliphatic hydroxyl groups is 1. The molecule has 2 amide bonds. The molecule has 1 aliphatic heterocycles. The number of nitrogens with zero attached hydrogens (tertiary/aromatic N) is 1. The molecule has 0 radical (unpaired) electrons. The number of hydrogen-bond acceptors (Lipinski definition) is 3. The van der Waals surface area contributed by atoms with Crippen LogP contribution >= 0.6 is 11.6 Å². The molecule has 1 N–H and O–H groups in total. The van der Waals surface area contributed by atoms with Gasteiger partial charge in [-0.05, 0) is 41.5 Å². The van der Waals surface area contributed by atoms with Gasteiger partial charge >= 0.3 is 0 Å². The van der Waals surface area contributed by atoms with Crippen molar-refractivity contribution in [3.8, 4) is 0 Å². The maximum absolute atomic E-state index is 13.4. The molecule has 0 aliphatic carbocycles. The van der Waals surface area contributed by atoms with Crippen LogP contribution in [-0.2, 0) is 0 Å². The number of imide groups is 1. The maximum atomic E-state index is 13.4. The lowest BCUT2D eigenvalue weighted by Gasteiger charge is -2.27. The summed E-state index contributed by atoms with van der Waals surface area (Å²) in [6.07, 6.45) is -1.14. The Bertz CT molecular complexity index is 1050. The van der Waals surface area contributed by atoms with E-state index in [4.69, 9.17) is 11.6 Å². The highest BCUT2D eigenvalue weighted by Gasteiger charge is 2.38. The predicted octanol–water partition coefficient (Wildman–Crippen LogP) is 4.27. The Morgan fingerprint density at radius 3 is 2.00 bits per heavy atom. The molecule has 0 saturated heterocycles. The van der Waals surface area contributed by atoms with E-state index in [0.29, 0.717) is 27.3 Å². The van der Waals surface area contributed by atoms with E-state index in [1.807, 2.05) is 0 Å². The van der Waals surface area contributed by atoms with Crippen LogP contribution in [0.2, 0.25) is 5.02 Å². The SMILES string of the molecule is O=C1c2ccccc2C(=O)N1C[C@H](O)[C@@H](c1ccc(F)cc1)c1ccccc1Cl. The van der Waals surface area contributed by atoms with Gasteiger partial charge in [-0.2, -0.15) is 0 Å². The van der Waals surface area contributed by atoms with Crippen molar-refractivity contribution >= 4 is 23.4 Å². The fraction of sp³-hybridized carbons (Fsp3) is 0.130. The highest BCUT2D eigenvalue weighted by Crippen LogP contribution is 2.34. The summed E-state index contributed by atoms with van der Waals surface area (Å²) in [5, 5.41) is 11.5. The Labute approximate surface area is 172 Å². The van der Waals surface area contributed by atoms with Crippen LogP contribution < -0.4 is 0 Å². The molecule has 1 heterocycles. The van der Waals surface area contributed by atoms with Crippen LogP contribution in [0.25, 0.3) is 0 Å². The zero-order chi connectivity index (χ0) is 20.5. The summed E-state index contributed by atoms with van der Waals surface area (Å²) in [6, 6.07) is 19.3. The van der Waals surface area contributed by atoms with E-state index in [9.17, 15) is 19.1 Å². The Morgan fingerprint density at radius 2 is 1.41 bits per heavy atom. The third-order valence-corrected chi connectivity index (χ3v) is 5.45. The monoisotopic (exact) mass is 409 g/mol. The van der Waals surface area contributed by atoms with E-state index in [-0.39, 0.29) is 6.54 Å². The van der Waals surface area contributed by atoms with Crippen LogP contribution in [-0.4, -0.2) is 34.5 Å². The average molecular weight is 410 g/mol. The molecule has 0 bridgehead atoms. The Morgan fingerprint density at radius 1 is 0.862 bits per heavy atom. The van der Waals surface area contributed by atoms with Crippen LogP contribution in [0.5, 0.6) is 0 Å². The topological polar surface area (TPSA) is 57.6 Å². The lowest BCUT2D eigenvalue weighted by Crippen LogP contribution is -2.39. The third kappa shape index (κ3) is 3.55. The van der Waals surface area contributed by atoms with Gasteiger partial charge in [-0.1, -0.05) is 54.1 Å². The van der Waals surface area contributed by atoms with E-state index < -0.39 is 29.7 Å². The number of amides is 2. The number of hydrogen-bond donors (Lipinski definition) is 1. The summed E-state index contributed by atoms with van der Waals surface area (Å²) in [5.74, 6) is -1.93. The van der Waals surface area contributed by atoms with Gasteiger partial charge in [0.05, 0.1) is 23.8 Å². The predicted molar refractivity (Wildman–Crippen MR) is 108 cm³/mol. The van der Waals surface area contributed by atoms with Crippen molar-refractivity contribution in [2.45, 2.75) is 12.0 Å². The quantitative estimate of drug-likeness (QED) is 0.640. The van der Waals surface area contributed by atoms with Crippen molar-refractivity contribution in [3.63, 3.8) is 0 Å². The lowest BCUT2D eigenvalue weighted by atomic mass is 9.86. The molecule has 4 nitrogen and oxygen atoms in total. The molecule has 2 atom stereocenters. The van der Waals surface area contributed by atoms with Gasteiger partial charge in [-0.15, -0.1) is 0 Å². The number of carbonyl (C=O) groups is 2. The molecular weight excluding hydrogens is 393 g/mol. The lowest BCUT2D eigenvalue weighted by molar-refractivity contribution is 0.0523. The molecule has 29 heavy (non-hydrogen) atoms. The molecule has 4 rings (SSSR count). The van der Waals surface area contributed by atoms with Crippen LogP contribution in [0.4, 0.5) is 4.39 Å². The smallest absolute Gasteiger partial charge is 0.261 e. The van der Waals surface area contributed by atoms with Crippen LogP contribution in [0.1, 0.15) is 37.8 Å². The molecule has 0 saturated carbocycles. The van der Waals surface area contributed by atoms with Crippen molar-refractivity contribution in [2.24, 2.45) is 0 Å². The minimum absolute atomic E-state index is 0.209. The van der Waals surface area contributed by atoms with E-state index in [0.717, 1.165) is 4.90 Å². The van der Waals surface area contributed by atoms with Gasteiger partial charge in [0.25, 0.3) is 11.8 Å². The summed E-state index contributed by atoms with van der Waals surface area (Å²) >= 11 is 6.36. The fourth-order valence-corrected chi connectivity index (χ4v) is 3.96. The molecule has 0 unspecified atom stereocenters.